The van der Waals surface area contributed by atoms with Crippen LogP contribution in [0.5, 0.6) is 5.75 Å². The third-order valence-electron chi connectivity index (χ3n) is 2.87. The molecule has 0 saturated carbocycles. The highest BCUT2D eigenvalue weighted by Gasteiger charge is 2.14. The maximum Gasteiger partial charge on any atom is 0.339 e. The number of amides is 1. The van der Waals surface area contributed by atoms with Crippen molar-refractivity contribution in [1.29, 1.82) is 0 Å². The molecule has 0 atom stereocenters. The fourth-order valence-electron chi connectivity index (χ4n) is 1.74. The second kappa shape index (κ2) is 6.60. The van der Waals surface area contributed by atoms with Crippen LogP contribution in [0, 0.1) is 0 Å². The number of benzene rings is 1. The molecule has 6 nitrogen and oxygen atoms in total. The molecule has 0 aliphatic rings. The standard InChI is InChI=1S/C15H15NO5/c1-16(9-11-5-4-8-20-11)14(17)10-21-13-7-3-2-6-12(13)15(18)19/h2-8H,9-10H2,1H3,(H,18,19). The summed E-state index contributed by atoms with van der Waals surface area (Å²) in [6.07, 6.45) is 1.53. The number of carboxylic acids is 1. The molecule has 1 aromatic heterocycles. The highest BCUT2D eigenvalue weighted by molar-refractivity contribution is 5.91. The minimum atomic E-state index is -1.10. The van der Waals surface area contributed by atoms with E-state index in [0.717, 1.165) is 0 Å². The van der Waals surface area contributed by atoms with Crippen molar-refractivity contribution in [2.75, 3.05) is 13.7 Å². The fraction of sp³-hybridized carbons (Fsp3) is 0.200. The van der Waals surface area contributed by atoms with Gasteiger partial charge in [-0.3, -0.25) is 4.79 Å². The van der Waals surface area contributed by atoms with E-state index >= 15 is 0 Å². The van der Waals surface area contributed by atoms with E-state index < -0.39 is 5.97 Å². The molecule has 2 rings (SSSR count). The van der Waals surface area contributed by atoms with Crippen LogP contribution in [-0.4, -0.2) is 35.5 Å². The van der Waals surface area contributed by atoms with E-state index in [1.54, 1.807) is 31.3 Å². The fourth-order valence-corrected chi connectivity index (χ4v) is 1.74. The Morgan fingerprint density at radius 1 is 1.24 bits per heavy atom. The number of hydrogen-bond donors (Lipinski definition) is 1. The van der Waals surface area contributed by atoms with Gasteiger partial charge < -0.3 is 19.2 Å². The Hall–Kier alpha value is -2.76. The van der Waals surface area contributed by atoms with E-state index in [2.05, 4.69) is 0 Å². The molecule has 0 bridgehead atoms. The molecule has 0 spiro atoms. The summed E-state index contributed by atoms with van der Waals surface area (Å²) in [5, 5.41) is 9.02. The number of likely N-dealkylation sites (N-methyl/N-ethyl adjacent to an activating group) is 1. The average molecular weight is 289 g/mol. The molecule has 0 fully saturated rings. The first-order chi connectivity index (χ1) is 10.1. The zero-order valence-corrected chi connectivity index (χ0v) is 11.5. The van der Waals surface area contributed by atoms with Crippen molar-refractivity contribution >= 4 is 11.9 Å². The molecular formula is C15H15NO5. The third kappa shape index (κ3) is 3.85. The molecule has 0 aliphatic carbocycles. The van der Waals surface area contributed by atoms with Gasteiger partial charge in [-0.1, -0.05) is 12.1 Å². The van der Waals surface area contributed by atoms with Gasteiger partial charge in [-0.2, -0.15) is 0 Å². The van der Waals surface area contributed by atoms with E-state index in [-0.39, 0.29) is 23.8 Å². The summed E-state index contributed by atoms with van der Waals surface area (Å²) in [5.74, 6) is -0.532. The highest BCUT2D eigenvalue weighted by Crippen LogP contribution is 2.17. The van der Waals surface area contributed by atoms with Gasteiger partial charge in [0.2, 0.25) is 0 Å². The number of para-hydroxylation sites is 1. The summed E-state index contributed by atoms with van der Waals surface area (Å²) in [4.78, 5) is 24.4. The number of aromatic carboxylic acids is 1. The molecule has 2 aromatic rings. The summed E-state index contributed by atoms with van der Waals surface area (Å²) >= 11 is 0. The Kier molecular flexibility index (Phi) is 4.61. The largest absolute Gasteiger partial charge is 0.483 e. The zero-order valence-electron chi connectivity index (χ0n) is 11.5. The number of rotatable bonds is 6. The molecule has 6 heteroatoms. The maximum atomic E-state index is 11.9. The molecule has 0 radical (unpaired) electrons. The van der Waals surface area contributed by atoms with E-state index in [1.807, 2.05) is 0 Å². The van der Waals surface area contributed by atoms with Gasteiger partial charge in [0.25, 0.3) is 5.91 Å². The second-order valence-corrected chi connectivity index (χ2v) is 4.42. The van der Waals surface area contributed by atoms with Crippen molar-refractivity contribution < 1.29 is 23.8 Å². The van der Waals surface area contributed by atoms with Gasteiger partial charge in [-0.05, 0) is 24.3 Å². The lowest BCUT2D eigenvalue weighted by Gasteiger charge is -2.16. The zero-order chi connectivity index (χ0) is 15.2. The minimum Gasteiger partial charge on any atom is -0.483 e. The number of carboxylic acid groups (broad SMARTS) is 1. The summed E-state index contributed by atoms with van der Waals surface area (Å²) in [5.41, 5.74) is 0.0268. The number of ether oxygens (including phenoxy) is 1. The lowest BCUT2D eigenvalue weighted by molar-refractivity contribution is -0.132. The van der Waals surface area contributed by atoms with Gasteiger partial charge in [0.15, 0.2) is 6.61 Å². The predicted octanol–water partition coefficient (Wildman–Crippen LogP) is 2.02. The topological polar surface area (TPSA) is 80.0 Å². The number of furan rings is 1. The van der Waals surface area contributed by atoms with Crippen LogP contribution in [0.3, 0.4) is 0 Å². The smallest absolute Gasteiger partial charge is 0.339 e. The quantitative estimate of drug-likeness (QED) is 0.880. The van der Waals surface area contributed by atoms with Crippen molar-refractivity contribution in [3.05, 3.63) is 54.0 Å². The molecule has 1 amide bonds. The second-order valence-electron chi connectivity index (χ2n) is 4.42. The van der Waals surface area contributed by atoms with Gasteiger partial charge >= 0.3 is 5.97 Å². The Labute approximate surface area is 121 Å². The van der Waals surface area contributed by atoms with Gasteiger partial charge in [-0.15, -0.1) is 0 Å². The summed E-state index contributed by atoms with van der Waals surface area (Å²) in [6.45, 7) is 0.0945. The third-order valence-corrected chi connectivity index (χ3v) is 2.87. The molecule has 1 aromatic carbocycles. The first-order valence-electron chi connectivity index (χ1n) is 6.29. The van der Waals surface area contributed by atoms with Gasteiger partial charge in [0.1, 0.15) is 17.1 Å². The minimum absolute atomic E-state index is 0.0268. The number of hydrogen-bond acceptors (Lipinski definition) is 4. The van der Waals surface area contributed by atoms with Crippen molar-refractivity contribution in [3.63, 3.8) is 0 Å². The first kappa shape index (κ1) is 14.6. The molecular weight excluding hydrogens is 274 g/mol. The van der Waals surface area contributed by atoms with Gasteiger partial charge in [-0.25, -0.2) is 4.79 Å². The lowest BCUT2D eigenvalue weighted by Crippen LogP contribution is -2.31. The monoisotopic (exact) mass is 289 g/mol. The first-order valence-corrected chi connectivity index (χ1v) is 6.29. The Balaban J connectivity index is 1.93. The van der Waals surface area contributed by atoms with Crippen LogP contribution < -0.4 is 4.74 Å². The van der Waals surface area contributed by atoms with Crippen molar-refractivity contribution in [1.82, 2.24) is 4.90 Å². The van der Waals surface area contributed by atoms with Crippen LogP contribution in [0.2, 0.25) is 0 Å². The van der Waals surface area contributed by atoms with Crippen LogP contribution in [-0.2, 0) is 11.3 Å². The Morgan fingerprint density at radius 3 is 2.67 bits per heavy atom. The van der Waals surface area contributed by atoms with Crippen LogP contribution >= 0.6 is 0 Å². The summed E-state index contributed by atoms with van der Waals surface area (Å²) in [6, 6.07) is 9.70. The van der Waals surface area contributed by atoms with E-state index in [4.69, 9.17) is 14.3 Å². The molecule has 21 heavy (non-hydrogen) atoms. The van der Waals surface area contributed by atoms with Gasteiger partial charge in [0.05, 0.1) is 12.8 Å². The van der Waals surface area contributed by atoms with Crippen molar-refractivity contribution in [2.24, 2.45) is 0 Å². The Morgan fingerprint density at radius 2 is 2.00 bits per heavy atom. The maximum absolute atomic E-state index is 11.9. The molecule has 0 saturated heterocycles. The summed E-state index contributed by atoms with van der Waals surface area (Å²) in [7, 11) is 1.62. The molecule has 1 heterocycles. The molecule has 0 unspecified atom stereocenters. The SMILES string of the molecule is CN(Cc1ccco1)C(=O)COc1ccccc1C(=O)O. The predicted molar refractivity (Wildman–Crippen MR) is 74.1 cm³/mol. The summed E-state index contributed by atoms with van der Waals surface area (Å²) < 4.78 is 10.5. The Bertz CT molecular complexity index is 621. The van der Waals surface area contributed by atoms with Crippen LogP contribution in [0.25, 0.3) is 0 Å². The van der Waals surface area contributed by atoms with E-state index in [1.165, 1.54) is 23.3 Å². The van der Waals surface area contributed by atoms with E-state index in [9.17, 15) is 9.59 Å². The molecule has 110 valence electrons. The molecule has 0 aliphatic heterocycles. The van der Waals surface area contributed by atoms with Crippen LogP contribution in [0.15, 0.2) is 47.1 Å². The van der Waals surface area contributed by atoms with E-state index in [0.29, 0.717) is 12.3 Å². The highest BCUT2D eigenvalue weighted by atomic mass is 16.5. The number of carbonyl (C=O) groups is 2. The average Bonchev–Trinajstić information content (AvgIpc) is 2.97. The molecule has 1 N–H and O–H groups in total. The van der Waals surface area contributed by atoms with Crippen LogP contribution in [0.4, 0.5) is 0 Å². The number of carbonyl (C=O) groups excluding carboxylic acids is 1. The van der Waals surface area contributed by atoms with Gasteiger partial charge in [0, 0.05) is 7.05 Å². The normalized spacial score (nSPS) is 10.1. The van der Waals surface area contributed by atoms with Crippen LogP contribution in [0.1, 0.15) is 16.1 Å². The van der Waals surface area contributed by atoms with Crippen molar-refractivity contribution in [2.45, 2.75) is 6.54 Å². The number of nitrogens with zero attached hydrogens (tertiary/aromatic N) is 1. The van der Waals surface area contributed by atoms with Crippen molar-refractivity contribution in [3.8, 4) is 5.75 Å². The lowest BCUT2D eigenvalue weighted by atomic mass is 10.2.